The van der Waals surface area contributed by atoms with E-state index in [9.17, 15) is 0 Å². The Hall–Kier alpha value is -0.935. The molecule has 0 aliphatic carbocycles. The van der Waals surface area contributed by atoms with E-state index in [2.05, 4.69) is 4.98 Å². The van der Waals surface area contributed by atoms with Crippen molar-refractivity contribution in [1.29, 1.82) is 0 Å². The van der Waals surface area contributed by atoms with Gasteiger partial charge in [-0.1, -0.05) is 6.07 Å². The molecule has 1 aliphatic rings. The summed E-state index contributed by atoms with van der Waals surface area (Å²) in [5.41, 5.74) is -0.188. The van der Waals surface area contributed by atoms with Crippen LogP contribution in [0.4, 0.5) is 0 Å². The maximum absolute atomic E-state index is 5.98. The molecule has 1 aromatic heterocycles. The van der Waals surface area contributed by atoms with Gasteiger partial charge in [-0.05, 0) is 40.7 Å². The number of nitrogens with zero attached hydrogens (tertiary/aromatic N) is 1. The van der Waals surface area contributed by atoms with Gasteiger partial charge in [0.25, 0.3) is 0 Å². The molecule has 1 saturated heterocycles. The number of hydrogen-bond donors (Lipinski definition) is 0. The molecule has 20 heavy (non-hydrogen) atoms. The summed E-state index contributed by atoms with van der Waals surface area (Å²) in [4.78, 5) is 4.16. The summed E-state index contributed by atoms with van der Waals surface area (Å²) in [7, 11) is 10.8. The fraction of sp³-hybridized carbons (Fsp3) is 0.615. The van der Waals surface area contributed by atoms with Crippen molar-refractivity contribution in [2.24, 2.45) is 0 Å². The molecule has 0 unspecified atom stereocenters. The van der Waals surface area contributed by atoms with E-state index in [1.807, 2.05) is 33.8 Å². The van der Waals surface area contributed by atoms with Crippen LogP contribution in [0.2, 0.25) is 0 Å². The molecule has 0 N–H and O–H groups in total. The van der Waals surface area contributed by atoms with Gasteiger partial charge in [-0.15, -0.1) is 0 Å². The standard InChI is InChI=1S/C13H18B3NO3/c1-11(2)12(3,4)20-16(19-11)9-7-6-8-17-10(9)18-13(5,14)15/h6-8H,1-5H3. The highest BCUT2D eigenvalue weighted by atomic mass is 16.7. The van der Waals surface area contributed by atoms with Gasteiger partial charge in [-0.2, -0.15) is 0 Å². The molecule has 4 radical (unpaired) electrons. The molecule has 0 saturated carbocycles. The van der Waals surface area contributed by atoms with Gasteiger partial charge < -0.3 is 14.0 Å². The van der Waals surface area contributed by atoms with E-state index in [0.29, 0.717) is 11.3 Å². The first-order valence-corrected chi connectivity index (χ1v) is 6.59. The minimum Gasteiger partial charge on any atom is -0.492 e. The molecule has 1 aliphatic heterocycles. The molecule has 1 fully saturated rings. The molecule has 0 bridgehead atoms. The number of rotatable bonds is 3. The summed E-state index contributed by atoms with van der Waals surface area (Å²) in [5, 5.41) is -1.31. The molecule has 1 aromatic rings. The highest BCUT2D eigenvalue weighted by Gasteiger charge is 2.52. The van der Waals surface area contributed by atoms with E-state index < -0.39 is 23.7 Å². The second kappa shape index (κ2) is 4.81. The first-order valence-electron chi connectivity index (χ1n) is 6.59. The van der Waals surface area contributed by atoms with E-state index >= 15 is 0 Å². The zero-order valence-electron chi connectivity index (χ0n) is 12.6. The van der Waals surface area contributed by atoms with Gasteiger partial charge in [-0.3, -0.25) is 0 Å². The summed E-state index contributed by atoms with van der Waals surface area (Å²) in [6, 6.07) is 3.62. The molecule has 0 amide bonds. The first kappa shape index (κ1) is 15.5. The first-order chi connectivity index (χ1) is 9.02. The smallest absolute Gasteiger partial charge is 0.492 e. The summed E-state index contributed by atoms with van der Waals surface area (Å²) in [6.45, 7) is 9.50. The van der Waals surface area contributed by atoms with Crippen LogP contribution in [-0.4, -0.2) is 44.4 Å². The topological polar surface area (TPSA) is 40.6 Å². The van der Waals surface area contributed by atoms with Crippen LogP contribution in [0.1, 0.15) is 34.6 Å². The maximum Gasteiger partial charge on any atom is 0.500 e. The highest BCUT2D eigenvalue weighted by Crippen LogP contribution is 2.37. The van der Waals surface area contributed by atoms with Gasteiger partial charge >= 0.3 is 7.12 Å². The van der Waals surface area contributed by atoms with Crippen LogP contribution in [-0.2, 0) is 9.31 Å². The normalized spacial score (nSPS) is 20.9. The molecular weight excluding hydrogens is 251 g/mol. The predicted octanol–water partition coefficient (Wildman–Crippen LogP) is 0.770. The van der Waals surface area contributed by atoms with Crippen LogP contribution >= 0.6 is 0 Å². The fourth-order valence-electron chi connectivity index (χ4n) is 1.85. The predicted molar refractivity (Wildman–Crippen MR) is 80.5 cm³/mol. The van der Waals surface area contributed by atoms with Crippen LogP contribution in [0, 0.1) is 0 Å². The minimum atomic E-state index is -1.31. The molecule has 4 nitrogen and oxygen atoms in total. The van der Waals surface area contributed by atoms with Crippen molar-refractivity contribution in [3.8, 4) is 5.88 Å². The molecule has 0 atom stereocenters. The lowest BCUT2D eigenvalue weighted by Gasteiger charge is -2.32. The molecule has 0 aromatic carbocycles. The number of ether oxygens (including phenoxy) is 1. The van der Waals surface area contributed by atoms with Gasteiger partial charge in [0.1, 0.15) is 15.7 Å². The number of aromatic nitrogens is 1. The summed E-state index contributed by atoms with van der Waals surface area (Å²) < 4.78 is 17.4. The van der Waals surface area contributed by atoms with Crippen molar-refractivity contribution in [3.63, 3.8) is 0 Å². The Morgan fingerprint density at radius 1 is 1.20 bits per heavy atom. The fourth-order valence-corrected chi connectivity index (χ4v) is 1.85. The summed E-state index contributed by atoms with van der Waals surface area (Å²) in [6.07, 6.45) is 1.61. The molecule has 2 rings (SSSR count). The Kier molecular flexibility index (Phi) is 3.72. The van der Waals surface area contributed by atoms with Crippen LogP contribution < -0.4 is 10.2 Å². The largest absolute Gasteiger partial charge is 0.500 e. The third-order valence-electron chi connectivity index (χ3n) is 3.62. The minimum absolute atomic E-state index is 0.318. The number of pyridine rings is 1. The molecule has 2 heterocycles. The van der Waals surface area contributed by atoms with E-state index in [4.69, 9.17) is 29.7 Å². The SMILES string of the molecule is [B]C([B])(C)Oc1ncccc1B1OC(C)(C)C(C)(C)O1. The van der Waals surface area contributed by atoms with Crippen molar-refractivity contribution in [2.45, 2.75) is 51.2 Å². The number of hydrogen-bond acceptors (Lipinski definition) is 4. The van der Waals surface area contributed by atoms with E-state index in [1.165, 1.54) is 0 Å². The van der Waals surface area contributed by atoms with Gasteiger partial charge in [0.05, 0.1) is 11.2 Å². The third kappa shape index (κ3) is 3.04. The van der Waals surface area contributed by atoms with Crippen LogP contribution in [0.5, 0.6) is 5.88 Å². The van der Waals surface area contributed by atoms with Crippen molar-refractivity contribution >= 4 is 28.3 Å². The van der Waals surface area contributed by atoms with Gasteiger partial charge in [0, 0.05) is 17.1 Å². The van der Waals surface area contributed by atoms with E-state index in [0.717, 1.165) is 0 Å². The summed E-state index contributed by atoms with van der Waals surface area (Å²) in [5.74, 6) is 0.318. The van der Waals surface area contributed by atoms with Crippen molar-refractivity contribution in [2.75, 3.05) is 0 Å². The molecular formula is C13H18B3NO3. The average molecular weight is 269 g/mol. The molecule has 102 valence electrons. The zero-order valence-corrected chi connectivity index (χ0v) is 12.6. The third-order valence-corrected chi connectivity index (χ3v) is 3.62. The summed E-state index contributed by atoms with van der Waals surface area (Å²) >= 11 is 0. The van der Waals surface area contributed by atoms with Crippen molar-refractivity contribution in [3.05, 3.63) is 18.3 Å². The zero-order chi connectivity index (χ0) is 15.2. The monoisotopic (exact) mass is 269 g/mol. The lowest BCUT2D eigenvalue weighted by atomic mass is 9.67. The molecule has 7 heteroatoms. The Morgan fingerprint density at radius 3 is 2.25 bits per heavy atom. The lowest BCUT2D eigenvalue weighted by molar-refractivity contribution is 0.00578. The van der Waals surface area contributed by atoms with Crippen LogP contribution in [0.15, 0.2) is 18.3 Å². The van der Waals surface area contributed by atoms with Gasteiger partial charge in [0.2, 0.25) is 5.88 Å². The lowest BCUT2D eigenvalue weighted by Crippen LogP contribution is -2.41. The van der Waals surface area contributed by atoms with E-state index in [1.54, 1.807) is 19.2 Å². The Bertz CT molecular complexity index is 484. The Labute approximate surface area is 123 Å². The quantitative estimate of drug-likeness (QED) is 0.760. The maximum atomic E-state index is 5.98. The van der Waals surface area contributed by atoms with Gasteiger partial charge in [0.15, 0.2) is 0 Å². The second-order valence-corrected chi connectivity index (χ2v) is 6.27. The second-order valence-electron chi connectivity index (χ2n) is 6.27. The van der Waals surface area contributed by atoms with Crippen LogP contribution in [0.3, 0.4) is 0 Å². The van der Waals surface area contributed by atoms with Crippen molar-refractivity contribution < 1.29 is 14.0 Å². The highest BCUT2D eigenvalue weighted by molar-refractivity contribution is 6.63. The van der Waals surface area contributed by atoms with Gasteiger partial charge in [-0.25, -0.2) is 4.98 Å². The average Bonchev–Trinajstić information content (AvgIpc) is 2.46. The van der Waals surface area contributed by atoms with Crippen molar-refractivity contribution in [1.82, 2.24) is 4.98 Å². The Balaban J connectivity index is 2.31. The van der Waals surface area contributed by atoms with Crippen LogP contribution in [0.25, 0.3) is 0 Å². The van der Waals surface area contributed by atoms with E-state index in [-0.39, 0.29) is 0 Å². The molecule has 0 spiro atoms. The Morgan fingerprint density at radius 2 is 1.75 bits per heavy atom.